The zero-order chi connectivity index (χ0) is 17.9. The van der Waals surface area contributed by atoms with Crippen molar-refractivity contribution in [2.24, 2.45) is 0 Å². The molecule has 0 aliphatic carbocycles. The van der Waals surface area contributed by atoms with Gasteiger partial charge >= 0.3 is 0 Å². The molecule has 25 heavy (non-hydrogen) atoms. The minimum Gasteiger partial charge on any atom is -0.468 e. The molecule has 0 fully saturated rings. The highest BCUT2D eigenvalue weighted by Gasteiger charge is 2.04. The number of ether oxygens (including phenoxy) is 4. The van der Waals surface area contributed by atoms with E-state index in [-0.39, 0.29) is 19.5 Å². The summed E-state index contributed by atoms with van der Waals surface area (Å²) in [4.78, 5) is 0. The molecule has 0 N–H and O–H groups in total. The van der Waals surface area contributed by atoms with E-state index in [0.717, 1.165) is 22.6 Å². The van der Waals surface area contributed by atoms with Crippen LogP contribution in [0.15, 0.2) is 67.3 Å². The molecule has 0 saturated heterocycles. The highest BCUT2D eigenvalue weighted by molar-refractivity contribution is 5.53. The summed E-state index contributed by atoms with van der Waals surface area (Å²) in [6.07, 6.45) is 6.10. The van der Waals surface area contributed by atoms with Gasteiger partial charge in [-0.25, -0.2) is 0 Å². The van der Waals surface area contributed by atoms with Gasteiger partial charge < -0.3 is 18.9 Å². The van der Waals surface area contributed by atoms with E-state index in [1.807, 2.05) is 54.6 Å². The Morgan fingerprint density at radius 2 is 1.36 bits per heavy atom. The lowest BCUT2D eigenvalue weighted by atomic mass is 9.98. The third-order valence-electron chi connectivity index (χ3n) is 3.58. The first-order chi connectivity index (χ1) is 12.3. The molecule has 2 aromatic carbocycles. The van der Waals surface area contributed by atoms with Crippen LogP contribution in [0.3, 0.4) is 0 Å². The van der Waals surface area contributed by atoms with E-state index < -0.39 is 0 Å². The van der Waals surface area contributed by atoms with Crippen LogP contribution >= 0.6 is 0 Å². The average Bonchev–Trinajstić information content (AvgIpc) is 2.67. The molecule has 0 aliphatic heterocycles. The van der Waals surface area contributed by atoms with Gasteiger partial charge in [0.05, 0.1) is 0 Å². The van der Waals surface area contributed by atoms with Gasteiger partial charge in [-0.05, 0) is 35.4 Å². The lowest BCUT2D eigenvalue weighted by Crippen LogP contribution is -1.99. The van der Waals surface area contributed by atoms with Crippen LogP contribution in [0.5, 0.6) is 11.5 Å². The first-order valence-corrected chi connectivity index (χ1v) is 8.01. The molecule has 0 aromatic heterocycles. The van der Waals surface area contributed by atoms with Crippen LogP contribution in [0.2, 0.25) is 0 Å². The Labute approximate surface area is 149 Å². The van der Waals surface area contributed by atoms with Crippen molar-refractivity contribution >= 4 is 6.08 Å². The van der Waals surface area contributed by atoms with Crippen molar-refractivity contribution in [2.45, 2.75) is 5.92 Å². The summed E-state index contributed by atoms with van der Waals surface area (Å²) < 4.78 is 20.6. The van der Waals surface area contributed by atoms with E-state index in [4.69, 9.17) is 18.9 Å². The van der Waals surface area contributed by atoms with Crippen molar-refractivity contribution in [3.8, 4) is 11.5 Å². The van der Waals surface area contributed by atoms with Crippen molar-refractivity contribution in [1.29, 1.82) is 0 Å². The van der Waals surface area contributed by atoms with Gasteiger partial charge in [0.2, 0.25) is 0 Å². The van der Waals surface area contributed by atoms with Crippen LogP contribution < -0.4 is 9.47 Å². The second-order valence-electron chi connectivity index (χ2n) is 5.36. The van der Waals surface area contributed by atoms with Crippen LogP contribution in [0.4, 0.5) is 0 Å². The first-order valence-electron chi connectivity index (χ1n) is 8.01. The number of allylic oxidation sites excluding steroid dienone is 2. The summed E-state index contributed by atoms with van der Waals surface area (Å²) in [6, 6.07) is 15.8. The van der Waals surface area contributed by atoms with Gasteiger partial charge in [-0.1, -0.05) is 42.5 Å². The molecule has 0 spiro atoms. The molecule has 4 heteroatoms. The average molecular weight is 340 g/mol. The molecule has 0 heterocycles. The van der Waals surface area contributed by atoms with Crippen LogP contribution in [0, 0.1) is 0 Å². The van der Waals surface area contributed by atoms with Gasteiger partial charge in [-0.15, -0.1) is 6.58 Å². The van der Waals surface area contributed by atoms with Crippen molar-refractivity contribution in [1.82, 2.24) is 0 Å². The molecular weight excluding hydrogens is 316 g/mol. The summed E-state index contributed by atoms with van der Waals surface area (Å²) in [5, 5.41) is 0. The quantitative estimate of drug-likeness (QED) is 0.466. The molecule has 2 rings (SSSR count). The third kappa shape index (κ3) is 6.10. The summed E-state index contributed by atoms with van der Waals surface area (Å²) in [7, 11) is 3.20. The van der Waals surface area contributed by atoms with Crippen LogP contribution in [0.1, 0.15) is 17.0 Å². The number of benzene rings is 2. The van der Waals surface area contributed by atoms with Gasteiger partial charge in [0, 0.05) is 20.1 Å². The van der Waals surface area contributed by atoms with E-state index in [9.17, 15) is 0 Å². The normalized spacial score (nSPS) is 12.1. The maximum atomic E-state index is 5.41. The zero-order valence-electron chi connectivity index (χ0n) is 14.7. The smallest absolute Gasteiger partial charge is 0.188 e. The van der Waals surface area contributed by atoms with Crippen LogP contribution in [-0.2, 0) is 9.47 Å². The van der Waals surface area contributed by atoms with E-state index in [1.165, 1.54) is 0 Å². The van der Waals surface area contributed by atoms with E-state index in [0.29, 0.717) is 0 Å². The molecule has 2 aromatic rings. The van der Waals surface area contributed by atoms with Gasteiger partial charge in [0.15, 0.2) is 13.6 Å². The number of hydrogen-bond acceptors (Lipinski definition) is 4. The molecule has 0 saturated carbocycles. The van der Waals surface area contributed by atoms with Crippen molar-refractivity contribution in [3.05, 3.63) is 78.4 Å². The lowest BCUT2D eigenvalue weighted by molar-refractivity contribution is 0.0509. The Bertz CT molecular complexity index is 659. The number of methoxy groups -OCH3 is 2. The first kappa shape index (κ1) is 18.8. The van der Waals surface area contributed by atoms with Crippen LogP contribution in [0.25, 0.3) is 6.08 Å². The Hall–Kier alpha value is -2.56. The van der Waals surface area contributed by atoms with Crippen molar-refractivity contribution < 1.29 is 18.9 Å². The van der Waals surface area contributed by atoms with Crippen LogP contribution in [-0.4, -0.2) is 27.8 Å². The summed E-state index contributed by atoms with van der Waals surface area (Å²) in [6.45, 7) is 4.43. The summed E-state index contributed by atoms with van der Waals surface area (Å²) >= 11 is 0. The topological polar surface area (TPSA) is 36.9 Å². The Balaban J connectivity index is 2.00. The van der Waals surface area contributed by atoms with Crippen molar-refractivity contribution in [2.75, 3.05) is 27.8 Å². The second kappa shape index (κ2) is 10.3. The van der Waals surface area contributed by atoms with Gasteiger partial charge in [-0.2, -0.15) is 0 Å². The minimum absolute atomic E-state index is 0.126. The number of hydrogen-bond donors (Lipinski definition) is 0. The Kier molecular flexibility index (Phi) is 7.76. The monoisotopic (exact) mass is 340 g/mol. The second-order valence-corrected chi connectivity index (χ2v) is 5.36. The molecular formula is C21H24O4. The molecule has 0 amide bonds. The maximum Gasteiger partial charge on any atom is 0.188 e. The largest absolute Gasteiger partial charge is 0.468 e. The zero-order valence-corrected chi connectivity index (χ0v) is 14.7. The molecule has 1 atom stereocenters. The Morgan fingerprint density at radius 3 is 1.84 bits per heavy atom. The molecule has 132 valence electrons. The predicted octanol–water partition coefficient (Wildman–Crippen LogP) is 4.64. The molecule has 0 bridgehead atoms. The standard InChI is InChI=1S/C21H24O4/c1-4-18(19-9-13-21(14-10-19)25-16-23-3)8-5-17-6-11-20(12-7-17)24-15-22-2/h4-14,18H,1,15-16H2,2-3H3. The number of rotatable bonds is 10. The molecule has 4 nitrogen and oxygen atoms in total. The van der Waals surface area contributed by atoms with E-state index in [1.54, 1.807) is 14.2 Å². The molecule has 1 unspecified atom stereocenters. The highest BCUT2D eigenvalue weighted by atomic mass is 16.7. The summed E-state index contributed by atoms with van der Waals surface area (Å²) in [5.41, 5.74) is 2.24. The minimum atomic E-state index is 0.126. The SMILES string of the molecule is C=CC(C=Cc1ccc(OCOC)cc1)c1ccc(OCOC)cc1. The predicted molar refractivity (Wildman–Crippen MR) is 99.9 cm³/mol. The fourth-order valence-corrected chi connectivity index (χ4v) is 2.26. The fourth-order valence-electron chi connectivity index (χ4n) is 2.26. The van der Waals surface area contributed by atoms with E-state index >= 15 is 0 Å². The maximum absolute atomic E-state index is 5.41. The molecule has 0 radical (unpaired) electrons. The lowest BCUT2D eigenvalue weighted by Gasteiger charge is -2.10. The third-order valence-corrected chi connectivity index (χ3v) is 3.58. The summed E-state index contributed by atoms with van der Waals surface area (Å²) in [5.74, 6) is 1.69. The van der Waals surface area contributed by atoms with Crippen molar-refractivity contribution in [3.63, 3.8) is 0 Å². The molecule has 0 aliphatic rings. The fraction of sp³-hybridized carbons (Fsp3) is 0.238. The van der Waals surface area contributed by atoms with Gasteiger partial charge in [0.25, 0.3) is 0 Å². The van der Waals surface area contributed by atoms with E-state index in [2.05, 4.69) is 18.7 Å². The van der Waals surface area contributed by atoms with Gasteiger partial charge in [0.1, 0.15) is 11.5 Å². The van der Waals surface area contributed by atoms with Gasteiger partial charge in [-0.3, -0.25) is 0 Å². The Morgan fingerprint density at radius 1 is 0.840 bits per heavy atom. The highest BCUT2D eigenvalue weighted by Crippen LogP contribution is 2.23.